The molecule has 4 nitrogen and oxygen atoms in total. The Hall–Kier alpha value is -2.10. The molecule has 0 aliphatic carbocycles. The molecule has 0 aliphatic rings. The van der Waals surface area contributed by atoms with E-state index in [9.17, 15) is 4.79 Å². The number of hydrogen-bond acceptors (Lipinski definition) is 3. The van der Waals surface area contributed by atoms with E-state index in [0.29, 0.717) is 12.8 Å². The van der Waals surface area contributed by atoms with Crippen molar-refractivity contribution in [3.05, 3.63) is 47.7 Å². The molecule has 0 fully saturated rings. The monoisotopic (exact) mass is 286 g/mol. The summed E-state index contributed by atoms with van der Waals surface area (Å²) in [7, 11) is 0. The molecule has 0 radical (unpaired) electrons. The number of anilines is 1. The molecule has 0 saturated heterocycles. The first kappa shape index (κ1) is 15.3. The van der Waals surface area contributed by atoms with Gasteiger partial charge in [-0.05, 0) is 19.1 Å². The maximum absolute atomic E-state index is 11.9. The Morgan fingerprint density at radius 3 is 2.48 bits per heavy atom. The normalized spacial score (nSPS) is 11.4. The van der Waals surface area contributed by atoms with Crippen molar-refractivity contribution in [2.75, 3.05) is 5.32 Å². The summed E-state index contributed by atoms with van der Waals surface area (Å²) in [6, 6.07) is 9.45. The van der Waals surface area contributed by atoms with E-state index in [1.54, 1.807) is 0 Å². The number of benzene rings is 1. The first-order valence-electron chi connectivity index (χ1n) is 7.18. The summed E-state index contributed by atoms with van der Waals surface area (Å²) in [6.45, 7) is 8.10. The highest BCUT2D eigenvalue weighted by Gasteiger charge is 2.22. The molecular formula is C17H22N2O2. The SMILES string of the molecule is Cc1nc(C(C)(C)C)oc1CCC(=O)Nc1ccccc1. The van der Waals surface area contributed by atoms with Crippen LogP contribution in [0.5, 0.6) is 0 Å². The van der Waals surface area contributed by atoms with Gasteiger partial charge in [-0.25, -0.2) is 4.98 Å². The summed E-state index contributed by atoms with van der Waals surface area (Å²) in [4.78, 5) is 16.4. The smallest absolute Gasteiger partial charge is 0.224 e. The summed E-state index contributed by atoms with van der Waals surface area (Å²) in [5, 5.41) is 2.87. The number of carbonyl (C=O) groups is 1. The van der Waals surface area contributed by atoms with Crippen molar-refractivity contribution < 1.29 is 9.21 Å². The Balaban J connectivity index is 1.94. The second kappa shape index (κ2) is 6.12. The van der Waals surface area contributed by atoms with Gasteiger partial charge in [0.05, 0.1) is 5.69 Å². The van der Waals surface area contributed by atoms with Gasteiger partial charge in [-0.3, -0.25) is 4.79 Å². The zero-order valence-corrected chi connectivity index (χ0v) is 13.1. The molecule has 1 aromatic carbocycles. The van der Waals surface area contributed by atoms with Crippen LogP contribution in [0.15, 0.2) is 34.7 Å². The summed E-state index contributed by atoms with van der Waals surface area (Å²) in [5.41, 5.74) is 1.56. The number of nitrogens with one attached hydrogen (secondary N) is 1. The van der Waals surface area contributed by atoms with Crippen molar-refractivity contribution >= 4 is 11.6 Å². The zero-order chi connectivity index (χ0) is 15.5. The highest BCUT2D eigenvalue weighted by Crippen LogP contribution is 2.24. The fourth-order valence-corrected chi connectivity index (χ4v) is 1.95. The quantitative estimate of drug-likeness (QED) is 0.928. The number of nitrogens with zero attached hydrogens (tertiary/aromatic N) is 1. The van der Waals surface area contributed by atoms with Gasteiger partial charge < -0.3 is 9.73 Å². The first-order valence-corrected chi connectivity index (χ1v) is 7.18. The molecule has 1 N–H and O–H groups in total. The zero-order valence-electron chi connectivity index (χ0n) is 13.1. The van der Waals surface area contributed by atoms with Gasteiger partial charge in [0.25, 0.3) is 0 Å². The van der Waals surface area contributed by atoms with Gasteiger partial charge in [-0.15, -0.1) is 0 Å². The van der Waals surface area contributed by atoms with Crippen molar-refractivity contribution in [2.24, 2.45) is 0 Å². The van der Waals surface area contributed by atoms with E-state index < -0.39 is 0 Å². The van der Waals surface area contributed by atoms with Crippen LogP contribution in [-0.4, -0.2) is 10.9 Å². The topological polar surface area (TPSA) is 55.1 Å². The minimum Gasteiger partial charge on any atom is -0.445 e. The number of aromatic nitrogens is 1. The Bertz CT molecular complexity index is 609. The van der Waals surface area contributed by atoms with E-state index in [2.05, 4.69) is 31.1 Å². The molecule has 1 aromatic heterocycles. The molecule has 21 heavy (non-hydrogen) atoms. The molecule has 1 heterocycles. The van der Waals surface area contributed by atoms with Crippen LogP contribution in [0.1, 0.15) is 44.5 Å². The molecule has 2 rings (SSSR count). The van der Waals surface area contributed by atoms with Gasteiger partial charge in [0.15, 0.2) is 5.89 Å². The lowest BCUT2D eigenvalue weighted by Gasteiger charge is -2.12. The third-order valence-electron chi connectivity index (χ3n) is 3.17. The minimum absolute atomic E-state index is 0.0192. The van der Waals surface area contributed by atoms with E-state index in [-0.39, 0.29) is 11.3 Å². The van der Waals surface area contributed by atoms with Crippen LogP contribution in [0.4, 0.5) is 5.69 Å². The van der Waals surface area contributed by atoms with Crippen LogP contribution in [0.3, 0.4) is 0 Å². The maximum atomic E-state index is 11.9. The molecule has 0 bridgehead atoms. The van der Waals surface area contributed by atoms with Crippen LogP contribution in [0.25, 0.3) is 0 Å². The van der Waals surface area contributed by atoms with Gasteiger partial charge in [0.1, 0.15) is 5.76 Å². The molecule has 4 heteroatoms. The van der Waals surface area contributed by atoms with Crippen molar-refractivity contribution in [2.45, 2.75) is 46.0 Å². The summed E-state index contributed by atoms with van der Waals surface area (Å²) in [6.07, 6.45) is 0.947. The van der Waals surface area contributed by atoms with Crippen molar-refractivity contribution in [1.29, 1.82) is 0 Å². The van der Waals surface area contributed by atoms with Gasteiger partial charge in [0, 0.05) is 23.9 Å². The Kier molecular flexibility index (Phi) is 4.46. The Labute approximate surface area is 125 Å². The number of hydrogen-bond donors (Lipinski definition) is 1. The van der Waals surface area contributed by atoms with E-state index in [0.717, 1.165) is 23.0 Å². The molecule has 1 amide bonds. The fraction of sp³-hybridized carbons (Fsp3) is 0.412. The van der Waals surface area contributed by atoms with E-state index in [4.69, 9.17) is 4.42 Å². The van der Waals surface area contributed by atoms with Crippen LogP contribution >= 0.6 is 0 Å². The van der Waals surface area contributed by atoms with Crippen LogP contribution in [0, 0.1) is 6.92 Å². The summed E-state index contributed by atoms with van der Waals surface area (Å²) < 4.78 is 5.79. The summed E-state index contributed by atoms with van der Waals surface area (Å²) >= 11 is 0. The van der Waals surface area contributed by atoms with Gasteiger partial charge >= 0.3 is 0 Å². The number of aryl methyl sites for hydroxylation is 2. The molecule has 112 valence electrons. The second-order valence-electron chi connectivity index (χ2n) is 6.19. The van der Waals surface area contributed by atoms with Crippen LogP contribution in [-0.2, 0) is 16.6 Å². The molecule has 0 saturated carbocycles. The molecular weight excluding hydrogens is 264 g/mol. The predicted molar refractivity (Wildman–Crippen MR) is 83.3 cm³/mol. The van der Waals surface area contributed by atoms with E-state index >= 15 is 0 Å². The maximum Gasteiger partial charge on any atom is 0.224 e. The fourth-order valence-electron chi connectivity index (χ4n) is 1.95. The predicted octanol–water partition coefficient (Wildman–Crippen LogP) is 3.85. The Morgan fingerprint density at radius 2 is 1.90 bits per heavy atom. The summed E-state index contributed by atoms with van der Waals surface area (Å²) in [5.74, 6) is 1.50. The molecule has 2 aromatic rings. The highest BCUT2D eigenvalue weighted by atomic mass is 16.4. The largest absolute Gasteiger partial charge is 0.445 e. The highest BCUT2D eigenvalue weighted by molar-refractivity contribution is 5.90. The molecule has 0 unspecified atom stereocenters. The van der Waals surface area contributed by atoms with E-state index in [1.165, 1.54) is 0 Å². The number of para-hydroxylation sites is 1. The lowest BCUT2D eigenvalue weighted by Crippen LogP contribution is -2.12. The van der Waals surface area contributed by atoms with E-state index in [1.807, 2.05) is 37.3 Å². The van der Waals surface area contributed by atoms with Crippen LogP contribution in [0.2, 0.25) is 0 Å². The second-order valence-corrected chi connectivity index (χ2v) is 6.19. The number of oxazole rings is 1. The number of amides is 1. The standard InChI is InChI=1S/C17H22N2O2/c1-12-14(21-16(18-12)17(2,3)4)10-11-15(20)19-13-8-6-5-7-9-13/h5-9H,10-11H2,1-4H3,(H,19,20). The van der Waals surface area contributed by atoms with Gasteiger partial charge in [0.2, 0.25) is 5.91 Å². The van der Waals surface area contributed by atoms with Gasteiger partial charge in [-0.2, -0.15) is 0 Å². The first-order chi connectivity index (χ1) is 9.86. The van der Waals surface area contributed by atoms with Crippen molar-refractivity contribution in [3.8, 4) is 0 Å². The number of carbonyl (C=O) groups excluding carboxylic acids is 1. The number of rotatable bonds is 4. The lowest BCUT2D eigenvalue weighted by molar-refractivity contribution is -0.116. The van der Waals surface area contributed by atoms with Gasteiger partial charge in [-0.1, -0.05) is 39.0 Å². The third kappa shape index (κ3) is 4.18. The Morgan fingerprint density at radius 1 is 1.24 bits per heavy atom. The molecule has 0 atom stereocenters. The lowest BCUT2D eigenvalue weighted by atomic mass is 9.97. The molecule has 0 spiro atoms. The van der Waals surface area contributed by atoms with Crippen molar-refractivity contribution in [1.82, 2.24) is 4.98 Å². The molecule has 0 aliphatic heterocycles. The van der Waals surface area contributed by atoms with Crippen molar-refractivity contribution in [3.63, 3.8) is 0 Å². The minimum atomic E-state index is -0.116. The van der Waals surface area contributed by atoms with Crippen LogP contribution < -0.4 is 5.32 Å². The third-order valence-corrected chi connectivity index (χ3v) is 3.17. The average Bonchev–Trinajstić information content (AvgIpc) is 2.79. The average molecular weight is 286 g/mol.